The van der Waals surface area contributed by atoms with Gasteiger partial charge in [0.05, 0.1) is 16.4 Å². The van der Waals surface area contributed by atoms with Gasteiger partial charge < -0.3 is 10.1 Å². The van der Waals surface area contributed by atoms with E-state index < -0.39 is 14.9 Å². The van der Waals surface area contributed by atoms with Crippen LogP contribution in [-0.2, 0) is 14.8 Å². The zero-order valence-corrected chi connectivity index (χ0v) is 16.8. The summed E-state index contributed by atoms with van der Waals surface area (Å²) in [5.41, 5.74) is 0.710. The first-order chi connectivity index (χ1) is 13.8. The maximum Gasteiger partial charge on any atom is 0.270 e. The first-order valence-electron chi connectivity index (χ1n) is 8.99. The lowest BCUT2D eigenvalue weighted by Gasteiger charge is -2.09. The van der Waals surface area contributed by atoms with Gasteiger partial charge in [-0.2, -0.15) is 0 Å². The number of carbonyl (C=O) groups excluding carboxylic acids is 1. The third-order valence-electron chi connectivity index (χ3n) is 3.98. The summed E-state index contributed by atoms with van der Waals surface area (Å²) in [5.74, 6) is 0.566. The van der Waals surface area contributed by atoms with Gasteiger partial charge in [-0.3, -0.25) is 14.9 Å². The number of nitrogens with zero attached hydrogens (tertiary/aromatic N) is 1. The van der Waals surface area contributed by atoms with E-state index in [4.69, 9.17) is 4.74 Å². The number of nitro benzene ring substituents is 1. The largest absolute Gasteiger partial charge is 0.493 e. The molecule has 2 rings (SSSR count). The summed E-state index contributed by atoms with van der Waals surface area (Å²) < 4.78 is 32.2. The highest BCUT2D eigenvalue weighted by Gasteiger charge is 2.17. The van der Waals surface area contributed by atoms with Crippen molar-refractivity contribution in [3.63, 3.8) is 0 Å². The minimum atomic E-state index is -3.90. The molecule has 2 aromatic rings. The maximum absolute atomic E-state index is 12.2. The molecule has 0 heterocycles. The Hall–Kier alpha value is -2.98. The van der Waals surface area contributed by atoms with Gasteiger partial charge in [0.1, 0.15) is 5.75 Å². The Morgan fingerprint density at radius 2 is 1.90 bits per heavy atom. The fourth-order valence-electron chi connectivity index (χ4n) is 2.46. The molecule has 0 saturated carbocycles. The van der Waals surface area contributed by atoms with Crippen molar-refractivity contribution >= 4 is 21.6 Å². The second-order valence-electron chi connectivity index (χ2n) is 6.22. The Bertz CT molecular complexity index is 962. The second-order valence-corrected chi connectivity index (χ2v) is 7.99. The van der Waals surface area contributed by atoms with Crippen LogP contribution in [0.2, 0.25) is 0 Å². The van der Waals surface area contributed by atoms with Crippen LogP contribution in [0.4, 0.5) is 5.69 Å². The Morgan fingerprint density at radius 3 is 2.62 bits per heavy atom. The minimum absolute atomic E-state index is 0.0313. The molecule has 156 valence electrons. The number of aryl methyl sites for hydroxylation is 1. The Morgan fingerprint density at radius 1 is 1.14 bits per heavy atom. The lowest BCUT2D eigenvalue weighted by molar-refractivity contribution is -0.385. The van der Waals surface area contributed by atoms with E-state index in [1.54, 1.807) is 0 Å². The van der Waals surface area contributed by atoms with Gasteiger partial charge in [-0.1, -0.05) is 24.3 Å². The molecule has 0 bridgehead atoms. The van der Waals surface area contributed by atoms with Crippen LogP contribution in [-0.4, -0.2) is 38.9 Å². The van der Waals surface area contributed by atoms with Crippen molar-refractivity contribution in [1.29, 1.82) is 0 Å². The van der Waals surface area contributed by atoms with E-state index >= 15 is 0 Å². The number of sulfonamides is 1. The van der Waals surface area contributed by atoms with Crippen molar-refractivity contribution in [1.82, 2.24) is 10.0 Å². The number of ether oxygens (including phenoxy) is 1. The number of non-ortho nitro benzene ring substituents is 1. The van der Waals surface area contributed by atoms with E-state index in [0.717, 1.165) is 17.4 Å². The SMILES string of the molecule is Cc1ccccc1OCCCC(=O)NCCNS(=O)(=O)c1cccc([N+](=O)[O-])c1. The van der Waals surface area contributed by atoms with Crippen LogP contribution in [0.5, 0.6) is 5.75 Å². The molecule has 0 fully saturated rings. The predicted octanol–water partition coefficient (Wildman–Crippen LogP) is 2.16. The van der Waals surface area contributed by atoms with Crippen LogP contribution >= 0.6 is 0 Å². The number of hydrogen-bond donors (Lipinski definition) is 2. The number of benzene rings is 2. The quantitative estimate of drug-likeness (QED) is 0.325. The average molecular weight is 421 g/mol. The van der Waals surface area contributed by atoms with Gasteiger partial charge in [0.15, 0.2) is 0 Å². The lowest BCUT2D eigenvalue weighted by Crippen LogP contribution is -2.34. The number of nitrogens with one attached hydrogen (secondary N) is 2. The van der Waals surface area contributed by atoms with E-state index in [0.29, 0.717) is 13.0 Å². The Balaban J connectivity index is 1.67. The number of rotatable bonds is 11. The summed E-state index contributed by atoms with van der Waals surface area (Å²) in [6.07, 6.45) is 0.781. The van der Waals surface area contributed by atoms with Gasteiger partial charge in [0.2, 0.25) is 15.9 Å². The molecule has 1 amide bonds. The van der Waals surface area contributed by atoms with Crippen molar-refractivity contribution in [2.45, 2.75) is 24.7 Å². The summed E-state index contributed by atoms with van der Waals surface area (Å²) in [6, 6.07) is 12.4. The third-order valence-corrected chi connectivity index (χ3v) is 5.44. The molecule has 2 N–H and O–H groups in total. The summed E-state index contributed by atoms with van der Waals surface area (Å²) in [6.45, 7) is 2.41. The molecule has 0 aliphatic heterocycles. The standard InChI is InChI=1S/C19H23N3O6S/c1-15-6-2-3-9-18(15)28-13-5-10-19(23)20-11-12-21-29(26,27)17-8-4-7-16(14-17)22(24)25/h2-4,6-9,14,21H,5,10-13H2,1H3,(H,20,23). The summed E-state index contributed by atoms with van der Waals surface area (Å²) >= 11 is 0. The van der Waals surface area contributed by atoms with Gasteiger partial charge in [-0.15, -0.1) is 0 Å². The van der Waals surface area contributed by atoms with E-state index in [9.17, 15) is 23.3 Å². The van der Waals surface area contributed by atoms with Crippen molar-refractivity contribution in [2.24, 2.45) is 0 Å². The van der Waals surface area contributed by atoms with Crippen LogP contribution in [0.1, 0.15) is 18.4 Å². The number of para-hydroxylation sites is 1. The van der Waals surface area contributed by atoms with Crippen molar-refractivity contribution in [3.05, 3.63) is 64.2 Å². The fourth-order valence-corrected chi connectivity index (χ4v) is 3.53. The van der Waals surface area contributed by atoms with E-state index in [1.165, 1.54) is 18.2 Å². The molecule has 0 radical (unpaired) electrons. The summed E-state index contributed by atoms with van der Waals surface area (Å²) in [4.78, 5) is 21.7. The zero-order valence-electron chi connectivity index (χ0n) is 16.0. The number of nitro groups is 1. The van der Waals surface area contributed by atoms with Gasteiger partial charge in [-0.25, -0.2) is 13.1 Å². The molecule has 29 heavy (non-hydrogen) atoms. The monoisotopic (exact) mass is 421 g/mol. The maximum atomic E-state index is 12.2. The lowest BCUT2D eigenvalue weighted by atomic mass is 10.2. The highest BCUT2D eigenvalue weighted by Crippen LogP contribution is 2.17. The van der Waals surface area contributed by atoms with Crippen LogP contribution < -0.4 is 14.8 Å². The van der Waals surface area contributed by atoms with Crippen LogP contribution in [0.25, 0.3) is 0 Å². The molecule has 0 unspecified atom stereocenters. The number of amides is 1. The summed E-state index contributed by atoms with van der Waals surface area (Å²) in [5, 5.41) is 13.4. The average Bonchev–Trinajstić information content (AvgIpc) is 2.70. The van der Waals surface area contributed by atoms with Crippen LogP contribution in [0, 0.1) is 17.0 Å². The van der Waals surface area contributed by atoms with Gasteiger partial charge in [-0.05, 0) is 31.0 Å². The highest BCUT2D eigenvalue weighted by molar-refractivity contribution is 7.89. The second kappa shape index (κ2) is 10.5. The zero-order chi connectivity index (χ0) is 21.3. The smallest absolute Gasteiger partial charge is 0.270 e. The summed E-state index contributed by atoms with van der Waals surface area (Å²) in [7, 11) is -3.90. The third kappa shape index (κ3) is 7.16. The van der Waals surface area contributed by atoms with Gasteiger partial charge >= 0.3 is 0 Å². The van der Waals surface area contributed by atoms with Crippen molar-refractivity contribution < 1.29 is 22.9 Å². The van der Waals surface area contributed by atoms with Crippen molar-refractivity contribution in [3.8, 4) is 5.75 Å². The van der Waals surface area contributed by atoms with E-state index in [2.05, 4.69) is 10.0 Å². The van der Waals surface area contributed by atoms with Gasteiger partial charge in [0.25, 0.3) is 5.69 Å². The molecule has 0 aliphatic rings. The van der Waals surface area contributed by atoms with Crippen LogP contribution in [0.3, 0.4) is 0 Å². The first-order valence-corrected chi connectivity index (χ1v) is 10.5. The fraction of sp³-hybridized carbons (Fsp3) is 0.316. The molecular weight excluding hydrogens is 398 g/mol. The first kappa shape index (κ1) is 22.3. The topological polar surface area (TPSA) is 128 Å². The molecule has 0 atom stereocenters. The molecule has 9 nitrogen and oxygen atoms in total. The molecule has 2 aromatic carbocycles. The minimum Gasteiger partial charge on any atom is -0.493 e. The molecule has 10 heteroatoms. The normalized spacial score (nSPS) is 11.1. The number of hydrogen-bond acceptors (Lipinski definition) is 6. The van der Waals surface area contributed by atoms with Crippen LogP contribution in [0.15, 0.2) is 53.4 Å². The Kier molecular flexibility index (Phi) is 8.10. The van der Waals surface area contributed by atoms with E-state index in [1.807, 2.05) is 31.2 Å². The molecule has 0 saturated heterocycles. The van der Waals surface area contributed by atoms with E-state index in [-0.39, 0.29) is 36.0 Å². The van der Waals surface area contributed by atoms with Gasteiger partial charge in [0, 0.05) is 31.6 Å². The molecular formula is C19H23N3O6S. The molecule has 0 aliphatic carbocycles. The highest BCUT2D eigenvalue weighted by atomic mass is 32.2. The molecule has 0 spiro atoms. The number of carbonyl (C=O) groups is 1. The molecule has 0 aromatic heterocycles. The van der Waals surface area contributed by atoms with Crippen molar-refractivity contribution in [2.75, 3.05) is 19.7 Å². The predicted molar refractivity (Wildman–Crippen MR) is 107 cm³/mol. The Labute approximate surface area is 169 Å².